The highest BCUT2D eigenvalue weighted by atomic mass is 35.5. The highest BCUT2D eigenvalue weighted by Crippen LogP contribution is 2.35. The molecule has 1 N–H and O–H groups in total. The maximum atomic E-state index is 6.24. The number of thiazole rings is 1. The minimum absolute atomic E-state index is 0.777. The zero-order chi connectivity index (χ0) is 13.9. The molecule has 2 nitrogen and oxygen atoms in total. The zero-order valence-corrected chi connectivity index (χ0v) is 12.8. The molecule has 102 valence electrons. The lowest BCUT2D eigenvalue weighted by molar-refractivity contribution is 0.792. The van der Waals surface area contributed by atoms with Crippen molar-refractivity contribution >= 4 is 33.2 Å². The highest BCUT2D eigenvalue weighted by molar-refractivity contribution is 7.22. The van der Waals surface area contributed by atoms with Crippen molar-refractivity contribution in [3.8, 4) is 10.6 Å². The molecule has 0 unspecified atom stereocenters. The fraction of sp³-hybridized carbons (Fsp3) is 0.188. The van der Waals surface area contributed by atoms with E-state index in [4.69, 9.17) is 16.6 Å². The molecule has 1 aromatic heterocycles. The topological polar surface area (TPSA) is 24.9 Å². The van der Waals surface area contributed by atoms with Gasteiger partial charge < -0.3 is 5.32 Å². The minimum atomic E-state index is 0.777. The molecule has 1 heterocycles. The van der Waals surface area contributed by atoms with Gasteiger partial charge in [0.1, 0.15) is 5.01 Å². The number of likely N-dealkylation sites (N-methyl/N-ethyl adjacent to an activating group) is 1. The molecule has 0 aliphatic heterocycles. The third-order valence-corrected chi connectivity index (χ3v) is 4.82. The molecule has 2 aromatic carbocycles. The molecule has 0 fully saturated rings. The second-order valence-electron chi connectivity index (χ2n) is 4.62. The zero-order valence-electron chi connectivity index (χ0n) is 11.2. The lowest BCUT2D eigenvalue weighted by atomic mass is 10.1. The molecular formula is C16H15ClN2S. The van der Waals surface area contributed by atoms with E-state index >= 15 is 0 Å². The molecule has 0 saturated heterocycles. The van der Waals surface area contributed by atoms with Gasteiger partial charge in [-0.2, -0.15) is 0 Å². The van der Waals surface area contributed by atoms with Crippen LogP contribution < -0.4 is 5.32 Å². The molecule has 0 aliphatic rings. The number of benzene rings is 2. The average molecular weight is 303 g/mol. The van der Waals surface area contributed by atoms with Crippen LogP contribution in [-0.4, -0.2) is 18.6 Å². The summed E-state index contributed by atoms with van der Waals surface area (Å²) in [5, 5.41) is 5.01. The number of fused-ring (bicyclic) bond motifs is 1. The van der Waals surface area contributed by atoms with Gasteiger partial charge >= 0.3 is 0 Å². The summed E-state index contributed by atoms with van der Waals surface area (Å²) in [6, 6.07) is 14.3. The number of nitrogens with one attached hydrogen (secondary N) is 1. The van der Waals surface area contributed by atoms with Crippen LogP contribution in [0.1, 0.15) is 5.56 Å². The van der Waals surface area contributed by atoms with Crippen LogP contribution in [0.5, 0.6) is 0 Å². The molecule has 0 saturated carbocycles. The molecule has 3 aromatic rings. The third-order valence-electron chi connectivity index (χ3n) is 3.26. The molecular weight excluding hydrogens is 288 g/mol. The van der Waals surface area contributed by atoms with Gasteiger partial charge in [0.25, 0.3) is 0 Å². The smallest absolute Gasteiger partial charge is 0.124 e. The Kier molecular flexibility index (Phi) is 4.01. The Labute approximate surface area is 127 Å². The summed E-state index contributed by atoms with van der Waals surface area (Å²) in [5.41, 5.74) is 3.50. The maximum Gasteiger partial charge on any atom is 0.124 e. The van der Waals surface area contributed by atoms with Crippen molar-refractivity contribution in [2.45, 2.75) is 6.42 Å². The number of halogens is 1. The molecule has 0 aliphatic carbocycles. The number of hydrogen-bond donors (Lipinski definition) is 1. The summed E-state index contributed by atoms with van der Waals surface area (Å²) >= 11 is 7.90. The number of rotatable bonds is 4. The van der Waals surface area contributed by atoms with E-state index in [2.05, 4.69) is 29.6 Å². The van der Waals surface area contributed by atoms with Gasteiger partial charge in [0.15, 0.2) is 0 Å². The fourth-order valence-corrected chi connectivity index (χ4v) is 3.55. The summed E-state index contributed by atoms with van der Waals surface area (Å²) in [6.07, 6.45) is 0.996. The number of hydrogen-bond acceptors (Lipinski definition) is 3. The van der Waals surface area contributed by atoms with Gasteiger partial charge in [0, 0.05) is 5.56 Å². The Bertz CT molecular complexity index is 736. The molecule has 0 bridgehead atoms. The first-order chi connectivity index (χ1) is 9.79. The van der Waals surface area contributed by atoms with Crippen molar-refractivity contribution in [1.82, 2.24) is 10.3 Å². The summed E-state index contributed by atoms with van der Waals surface area (Å²) in [4.78, 5) is 4.73. The van der Waals surface area contributed by atoms with E-state index in [1.54, 1.807) is 11.3 Å². The Balaban J connectivity index is 2.08. The van der Waals surface area contributed by atoms with Gasteiger partial charge in [-0.3, -0.25) is 0 Å². The fourth-order valence-electron chi connectivity index (χ4n) is 2.24. The SMILES string of the molecule is CNCCc1ccccc1-c1nc2cccc(Cl)c2s1. The van der Waals surface area contributed by atoms with Crippen LogP contribution in [0.3, 0.4) is 0 Å². The quantitative estimate of drug-likeness (QED) is 0.773. The monoisotopic (exact) mass is 302 g/mol. The van der Waals surface area contributed by atoms with Crippen molar-refractivity contribution in [2.75, 3.05) is 13.6 Å². The van der Waals surface area contributed by atoms with Crippen molar-refractivity contribution in [3.05, 3.63) is 53.1 Å². The predicted molar refractivity (Wildman–Crippen MR) is 87.7 cm³/mol. The molecule has 20 heavy (non-hydrogen) atoms. The first kappa shape index (κ1) is 13.6. The van der Waals surface area contributed by atoms with Crippen LogP contribution >= 0.6 is 22.9 Å². The van der Waals surface area contributed by atoms with Gasteiger partial charge in [-0.25, -0.2) is 4.98 Å². The summed E-state index contributed by atoms with van der Waals surface area (Å²) in [7, 11) is 1.97. The van der Waals surface area contributed by atoms with Crippen molar-refractivity contribution in [3.63, 3.8) is 0 Å². The first-order valence-electron chi connectivity index (χ1n) is 6.57. The standard InChI is InChI=1S/C16H15ClN2S/c1-18-10-9-11-5-2-3-6-12(11)16-19-14-8-4-7-13(17)15(14)20-16/h2-8,18H,9-10H2,1H3. The first-order valence-corrected chi connectivity index (χ1v) is 7.77. The van der Waals surface area contributed by atoms with Crippen LogP contribution in [0.25, 0.3) is 20.8 Å². The molecule has 4 heteroatoms. The molecule has 0 amide bonds. The van der Waals surface area contributed by atoms with Gasteiger partial charge in [-0.15, -0.1) is 11.3 Å². The Hall–Kier alpha value is -1.42. The lowest BCUT2D eigenvalue weighted by Crippen LogP contribution is -2.10. The largest absolute Gasteiger partial charge is 0.319 e. The van der Waals surface area contributed by atoms with Crippen LogP contribution in [0, 0.1) is 0 Å². The Morgan fingerprint density at radius 3 is 2.80 bits per heavy atom. The predicted octanol–water partition coefficient (Wildman–Crippen LogP) is 4.38. The van der Waals surface area contributed by atoms with Crippen molar-refractivity contribution < 1.29 is 0 Å². The summed E-state index contributed by atoms with van der Waals surface area (Å²) in [6.45, 7) is 0.961. The van der Waals surface area contributed by atoms with Crippen molar-refractivity contribution in [2.24, 2.45) is 0 Å². The summed E-state index contributed by atoms with van der Waals surface area (Å²) < 4.78 is 1.06. The molecule has 0 atom stereocenters. The Morgan fingerprint density at radius 1 is 1.15 bits per heavy atom. The number of aromatic nitrogens is 1. The van der Waals surface area contributed by atoms with E-state index in [-0.39, 0.29) is 0 Å². The molecule has 0 radical (unpaired) electrons. The van der Waals surface area contributed by atoms with Gasteiger partial charge in [-0.1, -0.05) is 41.9 Å². The summed E-state index contributed by atoms with van der Waals surface area (Å²) in [5.74, 6) is 0. The second-order valence-corrected chi connectivity index (χ2v) is 6.02. The van der Waals surface area contributed by atoms with Crippen LogP contribution in [0.2, 0.25) is 5.02 Å². The van der Waals surface area contributed by atoms with E-state index in [1.807, 2.05) is 25.2 Å². The van der Waals surface area contributed by atoms with Gasteiger partial charge in [0.05, 0.1) is 15.2 Å². The van der Waals surface area contributed by atoms with Gasteiger partial charge in [-0.05, 0) is 37.7 Å². The number of nitrogens with zero attached hydrogens (tertiary/aromatic N) is 1. The van der Waals surface area contributed by atoms with Crippen LogP contribution in [0.4, 0.5) is 0 Å². The minimum Gasteiger partial charge on any atom is -0.319 e. The van der Waals surface area contributed by atoms with Gasteiger partial charge in [0.2, 0.25) is 0 Å². The van der Waals surface area contributed by atoms with E-state index in [1.165, 1.54) is 11.1 Å². The lowest BCUT2D eigenvalue weighted by Gasteiger charge is -2.06. The van der Waals surface area contributed by atoms with E-state index < -0.39 is 0 Å². The van der Waals surface area contributed by atoms with Crippen LogP contribution in [0.15, 0.2) is 42.5 Å². The maximum absolute atomic E-state index is 6.24. The van der Waals surface area contributed by atoms with E-state index in [9.17, 15) is 0 Å². The second kappa shape index (κ2) is 5.92. The van der Waals surface area contributed by atoms with Crippen molar-refractivity contribution in [1.29, 1.82) is 0 Å². The molecule has 3 rings (SSSR count). The third kappa shape index (κ3) is 2.57. The van der Waals surface area contributed by atoms with E-state index in [0.29, 0.717) is 0 Å². The van der Waals surface area contributed by atoms with E-state index in [0.717, 1.165) is 33.2 Å². The average Bonchev–Trinajstić information content (AvgIpc) is 2.91. The Morgan fingerprint density at radius 2 is 2.00 bits per heavy atom. The highest BCUT2D eigenvalue weighted by Gasteiger charge is 2.11. The molecule has 0 spiro atoms. The van der Waals surface area contributed by atoms with Crippen LogP contribution in [-0.2, 0) is 6.42 Å². The normalized spacial score (nSPS) is 11.1.